The molecule has 1 amide bonds. The number of likely N-dealkylation sites (tertiary alicyclic amines) is 1. The minimum absolute atomic E-state index is 0.0152. The molecule has 3 aliphatic heterocycles. The molecule has 0 aliphatic carbocycles. The van der Waals surface area contributed by atoms with Gasteiger partial charge in [0.25, 0.3) is 0 Å². The summed E-state index contributed by atoms with van der Waals surface area (Å²) < 4.78 is 11.2. The van der Waals surface area contributed by atoms with Gasteiger partial charge >= 0.3 is 0 Å². The van der Waals surface area contributed by atoms with Crippen LogP contribution in [0.4, 0.5) is 0 Å². The molecular weight excluding hydrogens is 346 g/mol. The van der Waals surface area contributed by atoms with Crippen molar-refractivity contribution >= 4 is 5.91 Å². The summed E-state index contributed by atoms with van der Waals surface area (Å²) in [4.78, 5) is 15.0. The first-order valence-corrected chi connectivity index (χ1v) is 10.0. The maximum Gasteiger partial charge on any atom is 0.224 e. The van der Waals surface area contributed by atoms with Crippen molar-refractivity contribution in [2.45, 2.75) is 31.4 Å². The molecular formula is C20H29N3O4. The van der Waals surface area contributed by atoms with Crippen molar-refractivity contribution in [2.75, 3.05) is 45.9 Å². The van der Waals surface area contributed by atoms with Crippen LogP contribution in [0.5, 0.6) is 11.5 Å². The second-order valence-electron chi connectivity index (χ2n) is 7.66. The lowest BCUT2D eigenvalue weighted by molar-refractivity contribution is -0.126. The van der Waals surface area contributed by atoms with Crippen LogP contribution < -0.4 is 20.1 Å². The SMILES string of the molecule is O=C(NC(CN1CCCC1)C(O)c1ccc2c(c1)OCCO2)C1CCNC1. The predicted molar refractivity (Wildman–Crippen MR) is 101 cm³/mol. The van der Waals surface area contributed by atoms with Gasteiger partial charge in [-0.05, 0) is 56.6 Å². The van der Waals surface area contributed by atoms with E-state index in [1.165, 1.54) is 12.8 Å². The third kappa shape index (κ3) is 4.36. The molecule has 0 bridgehead atoms. The maximum absolute atomic E-state index is 12.7. The maximum atomic E-state index is 12.7. The summed E-state index contributed by atoms with van der Waals surface area (Å²) in [5, 5.41) is 17.4. The second-order valence-corrected chi connectivity index (χ2v) is 7.66. The van der Waals surface area contributed by atoms with Gasteiger partial charge in [0.2, 0.25) is 5.91 Å². The van der Waals surface area contributed by atoms with Gasteiger partial charge in [0.1, 0.15) is 19.3 Å². The fraction of sp³-hybridized carbons (Fsp3) is 0.650. The summed E-state index contributed by atoms with van der Waals surface area (Å²) in [6.07, 6.45) is 2.41. The fourth-order valence-electron chi connectivity index (χ4n) is 4.12. The van der Waals surface area contributed by atoms with Crippen LogP contribution in [0.15, 0.2) is 18.2 Å². The van der Waals surface area contributed by atoms with E-state index in [-0.39, 0.29) is 17.9 Å². The minimum atomic E-state index is -0.792. The van der Waals surface area contributed by atoms with Crippen LogP contribution in [0.2, 0.25) is 0 Å². The summed E-state index contributed by atoms with van der Waals surface area (Å²) in [6.45, 7) is 5.33. The molecule has 0 saturated carbocycles. The molecule has 0 spiro atoms. The Morgan fingerprint density at radius 3 is 2.78 bits per heavy atom. The Labute approximate surface area is 160 Å². The van der Waals surface area contributed by atoms with E-state index in [9.17, 15) is 9.90 Å². The highest BCUT2D eigenvalue weighted by Gasteiger charge is 2.31. The highest BCUT2D eigenvalue weighted by Crippen LogP contribution is 2.33. The standard InChI is InChI=1S/C20H29N3O4/c24-19(14-3-4-17-18(11-14)27-10-9-26-17)16(13-23-7-1-2-8-23)22-20(25)15-5-6-21-12-15/h3-4,11,15-16,19,21,24H,1-2,5-10,12-13H2,(H,22,25). The number of benzene rings is 1. The van der Waals surface area contributed by atoms with Gasteiger partial charge in [0.05, 0.1) is 12.0 Å². The van der Waals surface area contributed by atoms with Gasteiger partial charge in [-0.1, -0.05) is 6.07 Å². The van der Waals surface area contributed by atoms with Crippen molar-refractivity contribution in [3.63, 3.8) is 0 Å². The largest absolute Gasteiger partial charge is 0.486 e. The number of ether oxygens (including phenoxy) is 2. The number of rotatable bonds is 6. The van der Waals surface area contributed by atoms with Gasteiger partial charge in [0.15, 0.2) is 11.5 Å². The molecule has 3 heterocycles. The number of nitrogens with zero attached hydrogens (tertiary/aromatic N) is 1. The number of carbonyl (C=O) groups excluding carboxylic acids is 1. The Bertz CT molecular complexity index is 657. The van der Waals surface area contributed by atoms with Gasteiger partial charge in [-0.15, -0.1) is 0 Å². The molecule has 148 valence electrons. The summed E-state index contributed by atoms with van der Waals surface area (Å²) in [6, 6.07) is 5.18. The van der Waals surface area contributed by atoms with Crippen molar-refractivity contribution in [3.8, 4) is 11.5 Å². The number of fused-ring (bicyclic) bond motifs is 1. The van der Waals surface area contributed by atoms with E-state index in [1.54, 1.807) is 0 Å². The number of aliphatic hydroxyl groups excluding tert-OH is 1. The van der Waals surface area contributed by atoms with Crippen molar-refractivity contribution < 1.29 is 19.4 Å². The highest BCUT2D eigenvalue weighted by atomic mass is 16.6. The molecule has 3 atom stereocenters. The van der Waals surface area contributed by atoms with E-state index in [2.05, 4.69) is 15.5 Å². The van der Waals surface area contributed by atoms with Crippen LogP contribution in [0.3, 0.4) is 0 Å². The molecule has 1 aromatic carbocycles. The number of hydrogen-bond acceptors (Lipinski definition) is 6. The summed E-state index contributed by atoms with van der Waals surface area (Å²) in [7, 11) is 0. The van der Waals surface area contributed by atoms with Crippen LogP contribution in [-0.4, -0.2) is 67.9 Å². The number of nitrogens with one attached hydrogen (secondary N) is 2. The topological polar surface area (TPSA) is 83.1 Å². The first kappa shape index (κ1) is 18.5. The lowest BCUT2D eigenvalue weighted by atomic mass is 9.99. The van der Waals surface area contributed by atoms with E-state index in [1.807, 2.05) is 18.2 Å². The van der Waals surface area contributed by atoms with E-state index < -0.39 is 6.10 Å². The molecule has 2 saturated heterocycles. The van der Waals surface area contributed by atoms with Crippen LogP contribution in [0, 0.1) is 5.92 Å². The molecule has 3 unspecified atom stereocenters. The van der Waals surface area contributed by atoms with Gasteiger partial charge in [-0.3, -0.25) is 4.79 Å². The van der Waals surface area contributed by atoms with Crippen molar-refractivity contribution in [3.05, 3.63) is 23.8 Å². The lowest BCUT2D eigenvalue weighted by Gasteiger charge is -2.30. The Morgan fingerprint density at radius 1 is 1.26 bits per heavy atom. The zero-order valence-electron chi connectivity index (χ0n) is 15.7. The van der Waals surface area contributed by atoms with E-state index in [0.29, 0.717) is 37.8 Å². The predicted octanol–water partition coefficient (Wildman–Crippen LogP) is 0.681. The van der Waals surface area contributed by atoms with Crippen molar-refractivity contribution in [1.29, 1.82) is 0 Å². The third-order valence-electron chi connectivity index (χ3n) is 5.70. The monoisotopic (exact) mass is 375 g/mol. The molecule has 7 heteroatoms. The molecule has 4 rings (SSSR count). The zero-order valence-corrected chi connectivity index (χ0v) is 15.7. The molecule has 0 aromatic heterocycles. The molecule has 7 nitrogen and oxygen atoms in total. The highest BCUT2D eigenvalue weighted by molar-refractivity contribution is 5.79. The molecule has 0 radical (unpaired) electrons. The summed E-state index contributed by atoms with van der Waals surface area (Å²) in [5.74, 6) is 1.37. The summed E-state index contributed by atoms with van der Waals surface area (Å²) >= 11 is 0. The average Bonchev–Trinajstić information content (AvgIpc) is 3.40. The van der Waals surface area contributed by atoms with Gasteiger partial charge in [-0.25, -0.2) is 0 Å². The normalized spacial score (nSPS) is 24.6. The van der Waals surface area contributed by atoms with Crippen LogP contribution in [0.25, 0.3) is 0 Å². The first-order chi connectivity index (χ1) is 13.2. The Morgan fingerprint density at radius 2 is 2.04 bits per heavy atom. The van der Waals surface area contributed by atoms with Crippen molar-refractivity contribution in [1.82, 2.24) is 15.5 Å². The number of amides is 1. The molecule has 3 aliphatic rings. The van der Waals surface area contributed by atoms with E-state index in [0.717, 1.165) is 31.6 Å². The molecule has 2 fully saturated rings. The van der Waals surface area contributed by atoms with Gasteiger partial charge < -0.3 is 30.1 Å². The van der Waals surface area contributed by atoms with E-state index >= 15 is 0 Å². The first-order valence-electron chi connectivity index (χ1n) is 10.0. The Kier molecular flexibility index (Phi) is 5.80. The van der Waals surface area contributed by atoms with E-state index in [4.69, 9.17) is 9.47 Å². The van der Waals surface area contributed by atoms with Crippen LogP contribution >= 0.6 is 0 Å². The zero-order chi connectivity index (χ0) is 18.6. The smallest absolute Gasteiger partial charge is 0.224 e. The number of carbonyl (C=O) groups is 1. The molecule has 1 aromatic rings. The van der Waals surface area contributed by atoms with Gasteiger partial charge in [-0.2, -0.15) is 0 Å². The van der Waals surface area contributed by atoms with Crippen LogP contribution in [0.1, 0.15) is 30.9 Å². The fourth-order valence-corrected chi connectivity index (χ4v) is 4.12. The Hall–Kier alpha value is -1.83. The van der Waals surface area contributed by atoms with Gasteiger partial charge in [0, 0.05) is 13.1 Å². The third-order valence-corrected chi connectivity index (χ3v) is 5.70. The van der Waals surface area contributed by atoms with Crippen LogP contribution in [-0.2, 0) is 4.79 Å². The lowest BCUT2D eigenvalue weighted by Crippen LogP contribution is -2.48. The second kappa shape index (κ2) is 8.46. The summed E-state index contributed by atoms with van der Waals surface area (Å²) in [5.41, 5.74) is 0.744. The number of hydrogen-bond donors (Lipinski definition) is 3. The minimum Gasteiger partial charge on any atom is -0.486 e. The average molecular weight is 375 g/mol. The molecule has 3 N–H and O–H groups in total. The Balaban J connectivity index is 1.50. The van der Waals surface area contributed by atoms with Crippen molar-refractivity contribution in [2.24, 2.45) is 5.92 Å². The quantitative estimate of drug-likeness (QED) is 0.678. The number of aliphatic hydroxyl groups is 1. The molecule has 27 heavy (non-hydrogen) atoms.